The van der Waals surface area contributed by atoms with Crippen molar-refractivity contribution < 1.29 is 19.4 Å². The number of aryl methyl sites for hydroxylation is 1. The smallest absolute Gasteiger partial charge is 0.295 e. The summed E-state index contributed by atoms with van der Waals surface area (Å²) in [5, 5.41) is 11.7. The van der Waals surface area contributed by atoms with E-state index in [9.17, 15) is 14.7 Å². The number of benzene rings is 2. The van der Waals surface area contributed by atoms with E-state index in [0.29, 0.717) is 27.8 Å². The van der Waals surface area contributed by atoms with E-state index in [4.69, 9.17) is 27.9 Å². The largest absolute Gasteiger partial charge is 0.507 e. The van der Waals surface area contributed by atoms with Gasteiger partial charge in [-0.2, -0.15) is 0 Å². The van der Waals surface area contributed by atoms with Crippen molar-refractivity contribution >= 4 is 40.7 Å². The number of carbonyl (C=O) groups is 2. The quantitative estimate of drug-likeness (QED) is 0.412. The molecule has 0 aromatic heterocycles. The van der Waals surface area contributed by atoms with E-state index in [1.54, 1.807) is 30.3 Å². The summed E-state index contributed by atoms with van der Waals surface area (Å²) in [4.78, 5) is 27.4. The molecule has 2 aromatic rings. The van der Waals surface area contributed by atoms with Crippen LogP contribution in [0, 0.1) is 6.92 Å². The fourth-order valence-corrected chi connectivity index (χ4v) is 4.28. The van der Waals surface area contributed by atoms with Crippen molar-refractivity contribution in [3.63, 3.8) is 0 Å². The highest BCUT2D eigenvalue weighted by Gasteiger charge is 2.47. The molecule has 2 unspecified atom stereocenters. The highest BCUT2D eigenvalue weighted by atomic mass is 35.5. The fourth-order valence-electron chi connectivity index (χ4n) is 3.97. The Morgan fingerprint density at radius 1 is 1.13 bits per heavy atom. The molecule has 0 spiro atoms. The Labute approximate surface area is 184 Å². The first-order valence-corrected chi connectivity index (χ1v) is 10.5. The number of aliphatic hydroxyl groups excluding tert-OH is 1. The molecule has 2 heterocycles. The van der Waals surface area contributed by atoms with Gasteiger partial charge in [-0.25, -0.2) is 0 Å². The van der Waals surface area contributed by atoms with Gasteiger partial charge in [-0.15, -0.1) is 0 Å². The Morgan fingerprint density at radius 3 is 2.50 bits per heavy atom. The molecule has 2 atom stereocenters. The van der Waals surface area contributed by atoms with Crippen molar-refractivity contribution in [3.05, 3.63) is 74.8 Å². The van der Waals surface area contributed by atoms with Crippen LogP contribution in [-0.4, -0.2) is 41.0 Å². The summed E-state index contributed by atoms with van der Waals surface area (Å²) < 4.78 is 5.69. The van der Waals surface area contributed by atoms with Crippen LogP contribution in [0.1, 0.15) is 35.6 Å². The third-order valence-electron chi connectivity index (χ3n) is 5.55. The topological polar surface area (TPSA) is 66.8 Å². The molecule has 30 heavy (non-hydrogen) atoms. The summed E-state index contributed by atoms with van der Waals surface area (Å²) in [6, 6.07) is 11.3. The summed E-state index contributed by atoms with van der Waals surface area (Å²) in [6.07, 6.45) is 1.58. The van der Waals surface area contributed by atoms with Crippen LogP contribution >= 0.6 is 23.2 Å². The van der Waals surface area contributed by atoms with E-state index in [1.165, 1.54) is 4.90 Å². The SMILES string of the molecule is Cc1ccc(C(O)=C2C(=O)C(=O)N(CC3CCCO3)C2c2ccc(Cl)c(Cl)c2)cc1. The van der Waals surface area contributed by atoms with E-state index < -0.39 is 17.7 Å². The summed E-state index contributed by atoms with van der Waals surface area (Å²) >= 11 is 12.3. The van der Waals surface area contributed by atoms with Gasteiger partial charge in [-0.1, -0.05) is 59.1 Å². The lowest BCUT2D eigenvalue weighted by Crippen LogP contribution is -2.36. The second kappa shape index (κ2) is 8.42. The molecule has 7 heteroatoms. The number of aliphatic hydroxyl groups is 1. The fraction of sp³-hybridized carbons (Fsp3) is 0.304. The zero-order valence-electron chi connectivity index (χ0n) is 16.4. The Bertz CT molecular complexity index is 1030. The highest BCUT2D eigenvalue weighted by molar-refractivity contribution is 6.46. The van der Waals surface area contributed by atoms with Gasteiger partial charge >= 0.3 is 0 Å². The van der Waals surface area contributed by atoms with Gasteiger partial charge in [0.25, 0.3) is 11.7 Å². The maximum atomic E-state index is 13.0. The standard InChI is InChI=1S/C23H21Cl2NO4/c1-13-4-6-14(7-5-13)21(27)19-20(15-8-9-17(24)18(25)11-15)26(23(29)22(19)28)12-16-3-2-10-30-16/h4-9,11,16,20,27H,2-3,10,12H2,1H3. The van der Waals surface area contributed by atoms with E-state index in [0.717, 1.165) is 18.4 Å². The summed E-state index contributed by atoms with van der Waals surface area (Å²) in [6.45, 7) is 2.83. The predicted molar refractivity (Wildman–Crippen MR) is 116 cm³/mol. The Kier molecular flexibility index (Phi) is 5.87. The minimum absolute atomic E-state index is 0.0419. The minimum Gasteiger partial charge on any atom is -0.507 e. The summed E-state index contributed by atoms with van der Waals surface area (Å²) in [7, 11) is 0. The van der Waals surface area contributed by atoms with Crippen LogP contribution in [0.25, 0.3) is 5.76 Å². The Balaban J connectivity index is 1.84. The normalized spacial score (nSPS) is 23.4. The van der Waals surface area contributed by atoms with Crippen LogP contribution in [0.5, 0.6) is 0 Å². The molecule has 5 nitrogen and oxygen atoms in total. The molecule has 2 aromatic carbocycles. The van der Waals surface area contributed by atoms with Gasteiger partial charge in [-0.3, -0.25) is 9.59 Å². The molecular weight excluding hydrogens is 425 g/mol. The van der Waals surface area contributed by atoms with Crippen LogP contribution in [0.3, 0.4) is 0 Å². The second-order valence-electron chi connectivity index (χ2n) is 7.63. The molecule has 0 radical (unpaired) electrons. The maximum Gasteiger partial charge on any atom is 0.295 e. The van der Waals surface area contributed by atoms with Gasteiger partial charge in [-0.05, 0) is 37.5 Å². The number of ketones is 1. The van der Waals surface area contributed by atoms with E-state index >= 15 is 0 Å². The monoisotopic (exact) mass is 445 g/mol. The van der Waals surface area contributed by atoms with Gasteiger partial charge in [0, 0.05) is 18.7 Å². The molecule has 0 aliphatic carbocycles. The number of amides is 1. The Hall–Kier alpha value is -2.34. The van der Waals surface area contributed by atoms with Crippen molar-refractivity contribution in [1.29, 1.82) is 0 Å². The molecule has 4 rings (SSSR count). The van der Waals surface area contributed by atoms with Crippen molar-refractivity contribution in [3.8, 4) is 0 Å². The predicted octanol–water partition coefficient (Wildman–Crippen LogP) is 4.90. The average Bonchev–Trinajstić information content (AvgIpc) is 3.33. The number of rotatable bonds is 4. The second-order valence-corrected chi connectivity index (χ2v) is 8.44. The van der Waals surface area contributed by atoms with Crippen molar-refractivity contribution in [2.75, 3.05) is 13.2 Å². The number of halogens is 2. The molecule has 0 bridgehead atoms. The van der Waals surface area contributed by atoms with Crippen molar-refractivity contribution in [2.24, 2.45) is 0 Å². The molecule has 156 valence electrons. The lowest BCUT2D eigenvalue weighted by atomic mass is 9.95. The average molecular weight is 446 g/mol. The van der Waals surface area contributed by atoms with Crippen LogP contribution in [0.2, 0.25) is 10.0 Å². The van der Waals surface area contributed by atoms with Crippen molar-refractivity contribution in [1.82, 2.24) is 4.90 Å². The first-order chi connectivity index (χ1) is 14.4. The molecule has 1 N–H and O–H groups in total. The molecule has 2 aliphatic rings. The number of ether oxygens (including phenoxy) is 1. The van der Waals surface area contributed by atoms with Crippen LogP contribution in [0.15, 0.2) is 48.0 Å². The lowest BCUT2D eigenvalue weighted by molar-refractivity contribution is -0.140. The van der Waals surface area contributed by atoms with Gasteiger partial charge in [0.1, 0.15) is 5.76 Å². The third-order valence-corrected chi connectivity index (χ3v) is 6.29. The minimum atomic E-state index is -0.773. The summed E-state index contributed by atoms with van der Waals surface area (Å²) in [5.74, 6) is -1.59. The molecule has 2 aliphatic heterocycles. The number of hydrogen-bond acceptors (Lipinski definition) is 4. The zero-order valence-corrected chi connectivity index (χ0v) is 17.9. The van der Waals surface area contributed by atoms with Gasteiger partial charge in [0.05, 0.1) is 27.8 Å². The number of Topliss-reactive ketones (excluding diaryl/α,β-unsaturated/α-hetero) is 1. The molecule has 2 saturated heterocycles. The first-order valence-electron chi connectivity index (χ1n) is 9.79. The maximum absolute atomic E-state index is 13.0. The van der Waals surface area contributed by atoms with Crippen molar-refractivity contribution in [2.45, 2.75) is 31.9 Å². The van der Waals surface area contributed by atoms with Crippen LogP contribution in [0.4, 0.5) is 0 Å². The zero-order chi connectivity index (χ0) is 21.4. The number of carbonyl (C=O) groups excluding carboxylic acids is 2. The molecular formula is C23H21Cl2NO4. The van der Waals surface area contributed by atoms with Gasteiger partial charge < -0.3 is 14.7 Å². The number of likely N-dealkylation sites (tertiary alicyclic amines) is 1. The molecule has 2 fully saturated rings. The summed E-state index contributed by atoms with van der Waals surface area (Å²) in [5.41, 5.74) is 2.14. The van der Waals surface area contributed by atoms with Crippen LogP contribution < -0.4 is 0 Å². The van der Waals surface area contributed by atoms with E-state index in [1.807, 2.05) is 19.1 Å². The van der Waals surface area contributed by atoms with Crippen LogP contribution in [-0.2, 0) is 14.3 Å². The first kappa shape index (κ1) is 20.9. The third kappa shape index (κ3) is 3.85. The molecule has 1 amide bonds. The van der Waals surface area contributed by atoms with Gasteiger partial charge in [0.2, 0.25) is 0 Å². The van der Waals surface area contributed by atoms with E-state index in [-0.39, 0.29) is 24.0 Å². The lowest BCUT2D eigenvalue weighted by Gasteiger charge is -2.27. The number of nitrogens with zero attached hydrogens (tertiary/aromatic N) is 1. The van der Waals surface area contributed by atoms with Gasteiger partial charge in [0.15, 0.2) is 0 Å². The Morgan fingerprint density at radius 2 is 1.87 bits per heavy atom. The van der Waals surface area contributed by atoms with E-state index in [2.05, 4.69) is 0 Å². The molecule has 0 saturated carbocycles. The highest BCUT2D eigenvalue weighted by Crippen LogP contribution is 2.41. The number of hydrogen-bond donors (Lipinski definition) is 1.